The summed E-state index contributed by atoms with van der Waals surface area (Å²) in [5.74, 6) is 0.475. The molecule has 0 amide bonds. The first-order valence-electron chi connectivity index (χ1n) is 6.85. The summed E-state index contributed by atoms with van der Waals surface area (Å²) in [5, 5.41) is 0.841. The van der Waals surface area contributed by atoms with Crippen molar-refractivity contribution in [2.45, 2.75) is 27.2 Å². The first kappa shape index (κ1) is 15.7. The van der Waals surface area contributed by atoms with Gasteiger partial charge >= 0.3 is 0 Å². The van der Waals surface area contributed by atoms with E-state index in [0.717, 1.165) is 28.6 Å². The van der Waals surface area contributed by atoms with Gasteiger partial charge in [-0.15, -0.1) is 0 Å². The highest BCUT2D eigenvalue weighted by atomic mass is 15.0. The molecule has 4 heteroatoms. The number of allylic oxidation sites excluding steroid dienone is 5. The first-order chi connectivity index (χ1) is 9.77. The highest BCUT2D eigenvalue weighted by Crippen LogP contribution is 2.27. The highest BCUT2D eigenvalue weighted by molar-refractivity contribution is 5.99. The van der Waals surface area contributed by atoms with E-state index >= 15 is 0 Å². The number of nitrogen functional groups attached to an aromatic ring is 1. The third-order valence-electron chi connectivity index (χ3n) is 2.68. The minimum atomic E-state index is 0.475. The van der Waals surface area contributed by atoms with Crippen molar-refractivity contribution in [1.82, 2.24) is 15.0 Å². The third kappa shape index (κ3) is 3.35. The minimum Gasteiger partial charge on any atom is -0.383 e. The summed E-state index contributed by atoms with van der Waals surface area (Å²) in [6.45, 7) is 9.93. The molecule has 2 aromatic heterocycles. The molecule has 0 aliphatic carbocycles. The van der Waals surface area contributed by atoms with Crippen LogP contribution >= 0.6 is 0 Å². The molecule has 2 rings (SSSR count). The lowest BCUT2D eigenvalue weighted by Crippen LogP contribution is -1.93. The van der Waals surface area contributed by atoms with Crippen LogP contribution in [0.15, 0.2) is 43.4 Å². The molecular weight excluding hydrogens is 248 g/mol. The molecule has 20 heavy (non-hydrogen) atoms. The second-order valence-corrected chi connectivity index (χ2v) is 3.85. The van der Waals surface area contributed by atoms with Crippen LogP contribution in [0.1, 0.15) is 32.8 Å². The van der Waals surface area contributed by atoms with Crippen molar-refractivity contribution in [3.8, 4) is 0 Å². The quantitative estimate of drug-likeness (QED) is 0.822. The Balaban J connectivity index is 0.000000956. The van der Waals surface area contributed by atoms with Gasteiger partial charge in [-0.1, -0.05) is 51.7 Å². The Morgan fingerprint density at radius 3 is 2.80 bits per heavy atom. The van der Waals surface area contributed by atoms with Gasteiger partial charge in [0.05, 0.1) is 5.39 Å². The van der Waals surface area contributed by atoms with E-state index < -0.39 is 0 Å². The molecule has 0 fully saturated rings. The van der Waals surface area contributed by atoms with Gasteiger partial charge in [0.1, 0.15) is 17.8 Å². The van der Waals surface area contributed by atoms with Crippen molar-refractivity contribution in [2.24, 2.45) is 0 Å². The van der Waals surface area contributed by atoms with Gasteiger partial charge in [0.15, 0.2) is 0 Å². The topological polar surface area (TPSA) is 67.6 Å². The molecule has 4 nitrogen and oxygen atoms in total. The Hall–Kier alpha value is -2.36. The average molecular weight is 270 g/mol. The lowest BCUT2D eigenvalue weighted by Gasteiger charge is -2.00. The highest BCUT2D eigenvalue weighted by Gasteiger charge is 2.10. The van der Waals surface area contributed by atoms with Crippen LogP contribution < -0.4 is 5.73 Å². The van der Waals surface area contributed by atoms with Crippen molar-refractivity contribution in [3.05, 3.63) is 49.0 Å². The van der Waals surface area contributed by atoms with Crippen LogP contribution in [0.3, 0.4) is 0 Å². The molecule has 0 spiro atoms. The van der Waals surface area contributed by atoms with Crippen LogP contribution in [0, 0.1) is 0 Å². The van der Waals surface area contributed by atoms with E-state index in [1.165, 1.54) is 6.33 Å². The van der Waals surface area contributed by atoms with E-state index in [-0.39, 0.29) is 0 Å². The molecule has 2 heterocycles. The number of H-pyrrole nitrogens is 1. The predicted octanol–water partition coefficient (Wildman–Crippen LogP) is 4.10. The summed E-state index contributed by atoms with van der Waals surface area (Å²) in [7, 11) is 0. The molecule has 0 unspecified atom stereocenters. The Morgan fingerprint density at radius 1 is 1.40 bits per heavy atom. The smallest absolute Gasteiger partial charge is 0.143 e. The third-order valence-corrected chi connectivity index (χ3v) is 2.68. The second-order valence-electron chi connectivity index (χ2n) is 3.85. The normalized spacial score (nSPS) is 11.4. The van der Waals surface area contributed by atoms with Crippen molar-refractivity contribution in [1.29, 1.82) is 0 Å². The maximum Gasteiger partial charge on any atom is 0.143 e. The Morgan fingerprint density at radius 2 is 2.15 bits per heavy atom. The maximum atomic E-state index is 5.90. The summed E-state index contributed by atoms with van der Waals surface area (Å²) < 4.78 is 0. The lowest BCUT2D eigenvalue weighted by atomic mass is 10.1. The van der Waals surface area contributed by atoms with E-state index in [9.17, 15) is 0 Å². The van der Waals surface area contributed by atoms with Gasteiger partial charge in [0, 0.05) is 11.8 Å². The molecule has 0 bridgehead atoms. The fraction of sp³-hybridized carbons (Fsp3) is 0.250. The number of hydrogen-bond acceptors (Lipinski definition) is 3. The van der Waals surface area contributed by atoms with Crippen molar-refractivity contribution >= 4 is 22.4 Å². The van der Waals surface area contributed by atoms with E-state index in [2.05, 4.69) is 34.5 Å². The van der Waals surface area contributed by atoms with Gasteiger partial charge in [-0.05, 0) is 12.0 Å². The molecule has 2 aromatic rings. The van der Waals surface area contributed by atoms with Crippen LogP contribution in [0.2, 0.25) is 0 Å². The zero-order valence-electron chi connectivity index (χ0n) is 12.4. The monoisotopic (exact) mass is 270 g/mol. The van der Waals surface area contributed by atoms with Gasteiger partial charge < -0.3 is 10.7 Å². The average Bonchev–Trinajstić information content (AvgIpc) is 2.91. The fourth-order valence-electron chi connectivity index (χ4n) is 1.79. The zero-order valence-corrected chi connectivity index (χ0v) is 12.4. The molecule has 0 saturated carbocycles. The number of nitrogens with zero attached hydrogens (tertiary/aromatic N) is 2. The van der Waals surface area contributed by atoms with Gasteiger partial charge in [-0.25, -0.2) is 9.97 Å². The van der Waals surface area contributed by atoms with Crippen molar-refractivity contribution < 1.29 is 0 Å². The molecule has 0 atom stereocenters. The Labute approximate surface area is 120 Å². The largest absolute Gasteiger partial charge is 0.383 e. The predicted molar refractivity (Wildman–Crippen MR) is 87.3 cm³/mol. The maximum absolute atomic E-state index is 5.90. The number of hydrogen-bond donors (Lipinski definition) is 2. The standard InChI is InChI=1S/C14H16N4.C2H6/c1-3-5-6-7-10(4-2)11-8-16-14-12(11)13(15)17-9-18-14;1-2/h4-9H,2-3H2,1H3,(H3,15,16,17,18);1-2H3/b6-5-,10-7+;. The number of rotatable bonds is 4. The molecule has 106 valence electrons. The molecule has 0 aliphatic rings. The van der Waals surface area contributed by atoms with Crippen LogP contribution in [-0.2, 0) is 0 Å². The van der Waals surface area contributed by atoms with E-state index in [0.29, 0.717) is 5.82 Å². The summed E-state index contributed by atoms with van der Waals surface area (Å²) in [6, 6.07) is 0. The van der Waals surface area contributed by atoms with Crippen LogP contribution in [0.4, 0.5) is 5.82 Å². The molecular formula is C16H22N4. The number of nitrogens with one attached hydrogen (secondary N) is 1. The summed E-state index contributed by atoms with van der Waals surface area (Å²) in [4.78, 5) is 11.3. The van der Waals surface area contributed by atoms with Crippen molar-refractivity contribution in [2.75, 3.05) is 5.73 Å². The summed E-state index contributed by atoms with van der Waals surface area (Å²) in [5.41, 5.74) is 8.60. The van der Waals surface area contributed by atoms with E-state index in [4.69, 9.17) is 5.73 Å². The van der Waals surface area contributed by atoms with Gasteiger partial charge in [-0.2, -0.15) is 0 Å². The summed E-state index contributed by atoms with van der Waals surface area (Å²) >= 11 is 0. The van der Waals surface area contributed by atoms with E-state index in [1.807, 2.05) is 32.2 Å². The first-order valence-corrected chi connectivity index (χ1v) is 6.85. The zero-order chi connectivity index (χ0) is 15.0. The number of aromatic amines is 1. The van der Waals surface area contributed by atoms with Crippen molar-refractivity contribution in [3.63, 3.8) is 0 Å². The number of nitrogens with two attached hydrogens (primary N) is 1. The number of fused-ring (bicyclic) bond motifs is 1. The SMILES string of the molecule is C=C/C(=C\C=C/CC)c1c[nH]c2ncnc(N)c12.CC. The van der Waals surface area contributed by atoms with Gasteiger partial charge in [-0.3, -0.25) is 0 Å². The van der Waals surface area contributed by atoms with E-state index in [1.54, 1.807) is 6.08 Å². The second kappa shape index (κ2) is 7.94. The molecule has 0 aliphatic heterocycles. The Bertz CT molecular complexity index is 620. The number of anilines is 1. The molecule has 0 saturated heterocycles. The van der Waals surface area contributed by atoms with Gasteiger partial charge in [0.2, 0.25) is 0 Å². The minimum absolute atomic E-state index is 0.475. The van der Waals surface area contributed by atoms with Crippen LogP contribution in [-0.4, -0.2) is 15.0 Å². The number of aromatic nitrogens is 3. The molecule has 0 aromatic carbocycles. The van der Waals surface area contributed by atoms with Crippen LogP contribution in [0.25, 0.3) is 16.6 Å². The molecule has 3 N–H and O–H groups in total. The summed E-state index contributed by atoms with van der Waals surface area (Å²) in [6.07, 6.45) is 12.2. The Kier molecular flexibility index (Phi) is 6.23. The fourth-order valence-corrected chi connectivity index (χ4v) is 1.79. The van der Waals surface area contributed by atoms with Gasteiger partial charge in [0.25, 0.3) is 0 Å². The van der Waals surface area contributed by atoms with Crippen LogP contribution in [0.5, 0.6) is 0 Å². The molecule has 0 radical (unpaired) electrons. The lowest BCUT2D eigenvalue weighted by molar-refractivity contribution is 1.21.